The Bertz CT molecular complexity index is 101. The molecule has 0 aromatic rings. The monoisotopic (exact) mass is 190 g/mol. The molecule has 1 nitrogen and oxygen atoms in total. The molecule has 0 radical (unpaired) electrons. The highest BCUT2D eigenvalue weighted by Crippen LogP contribution is 2.13. The van der Waals surface area contributed by atoms with E-state index in [1.54, 1.807) is 0 Å². The van der Waals surface area contributed by atoms with Crippen LogP contribution in [0, 0.1) is 0 Å². The molecular weight excluding hydrogens is 180 g/mol. The lowest BCUT2D eigenvalue weighted by atomic mass is 10.1. The average Bonchev–Trinajstić information content (AvgIpc) is 1.91. The molecule has 1 unspecified atom stereocenters. The average molecular weight is 191 g/mol. The van der Waals surface area contributed by atoms with Gasteiger partial charge in [-0.1, -0.05) is 15.9 Å². The van der Waals surface area contributed by atoms with Crippen LogP contribution in [0.1, 0.15) is 19.3 Å². The second-order valence-corrected chi connectivity index (χ2v) is 2.98. The summed E-state index contributed by atoms with van der Waals surface area (Å²) in [5.74, 6) is 0. The summed E-state index contributed by atoms with van der Waals surface area (Å²) in [6.45, 7) is 0. The van der Waals surface area contributed by atoms with Crippen LogP contribution in [0.25, 0.3) is 0 Å². The lowest BCUT2D eigenvalue weighted by molar-refractivity contribution is 0.122. The van der Waals surface area contributed by atoms with Gasteiger partial charge < -0.3 is 4.74 Å². The van der Waals surface area contributed by atoms with Crippen molar-refractivity contribution in [2.24, 2.45) is 0 Å². The van der Waals surface area contributed by atoms with Crippen molar-refractivity contribution in [3.63, 3.8) is 0 Å². The Kier molecular flexibility index (Phi) is 3.12. The minimum Gasteiger partial charge on any atom is -0.498 e. The van der Waals surface area contributed by atoms with Crippen LogP contribution in [0.4, 0.5) is 0 Å². The van der Waals surface area contributed by atoms with Gasteiger partial charge in [0.2, 0.25) is 0 Å². The molecule has 2 heteroatoms. The van der Waals surface area contributed by atoms with E-state index in [1.165, 1.54) is 12.8 Å². The summed E-state index contributed by atoms with van der Waals surface area (Å²) in [6, 6.07) is 0. The molecule has 9 heavy (non-hydrogen) atoms. The van der Waals surface area contributed by atoms with Gasteiger partial charge in [0, 0.05) is 5.33 Å². The summed E-state index contributed by atoms with van der Waals surface area (Å²) < 4.78 is 5.31. The predicted molar refractivity (Wildman–Crippen MR) is 41.7 cm³/mol. The first-order chi connectivity index (χ1) is 4.43. The Morgan fingerprint density at radius 2 is 2.56 bits per heavy atom. The van der Waals surface area contributed by atoms with Crippen molar-refractivity contribution in [1.29, 1.82) is 0 Å². The number of allylic oxidation sites excluding steroid dienone is 1. The van der Waals surface area contributed by atoms with E-state index < -0.39 is 0 Å². The number of alkyl halides is 1. The molecule has 0 aromatic carbocycles. The highest BCUT2D eigenvalue weighted by atomic mass is 79.9. The largest absolute Gasteiger partial charge is 0.498 e. The zero-order chi connectivity index (χ0) is 6.53. The number of ether oxygens (including phenoxy) is 1. The molecule has 0 aromatic heterocycles. The van der Waals surface area contributed by atoms with Gasteiger partial charge in [0.25, 0.3) is 0 Å². The summed E-state index contributed by atoms with van der Waals surface area (Å²) >= 11 is 3.38. The first-order valence-electron chi connectivity index (χ1n) is 3.30. The van der Waals surface area contributed by atoms with Crippen molar-refractivity contribution in [3.05, 3.63) is 12.3 Å². The summed E-state index contributed by atoms with van der Waals surface area (Å²) in [7, 11) is 0. The van der Waals surface area contributed by atoms with E-state index in [4.69, 9.17) is 4.74 Å². The Morgan fingerprint density at radius 3 is 3.11 bits per heavy atom. The Hall–Kier alpha value is 0.0200. The molecule has 1 atom stereocenters. The molecule has 1 aliphatic heterocycles. The topological polar surface area (TPSA) is 9.23 Å². The zero-order valence-electron chi connectivity index (χ0n) is 5.35. The van der Waals surface area contributed by atoms with E-state index in [0.29, 0.717) is 6.10 Å². The molecule has 0 N–H and O–H groups in total. The van der Waals surface area contributed by atoms with Gasteiger partial charge in [-0.05, 0) is 25.3 Å². The van der Waals surface area contributed by atoms with Crippen LogP contribution in [0.3, 0.4) is 0 Å². The van der Waals surface area contributed by atoms with Crippen LogP contribution < -0.4 is 0 Å². The molecule has 0 saturated heterocycles. The number of rotatable bonds is 2. The van der Waals surface area contributed by atoms with E-state index in [0.717, 1.165) is 11.8 Å². The SMILES string of the molecule is BrCCC1CCC=CO1. The second-order valence-electron chi connectivity index (χ2n) is 2.18. The third-order valence-corrected chi connectivity index (χ3v) is 1.91. The third-order valence-electron chi connectivity index (χ3n) is 1.45. The molecule has 0 bridgehead atoms. The fourth-order valence-corrected chi connectivity index (χ4v) is 1.43. The van der Waals surface area contributed by atoms with Crippen LogP contribution in [0.5, 0.6) is 0 Å². The van der Waals surface area contributed by atoms with Crippen molar-refractivity contribution < 1.29 is 4.74 Å². The fraction of sp³-hybridized carbons (Fsp3) is 0.714. The molecule has 0 amide bonds. The van der Waals surface area contributed by atoms with E-state index in [-0.39, 0.29) is 0 Å². The van der Waals surface area contributed by atoms with Crippen LogP contribution >= 0.6 is 15.9 Å². The van der Waals surface area contributed by atoms with Crippen LogP contribution in [0.2, 0.25) is 0 Å². The molecule has 0 fully saturated rings. The molecule has 0 saturated carbocycles. The van der Waals surface area contributed by atoms with E-state index in [9.17, 15) is 0 Å². The van der Waals surface area contributed by atoms with Crippen molar-refractivity contribution in [2.75, 3.05) is 5.33 Å². The van der Waals surface area contributed by atoms with Crippen molar-refractivity contribution >= 4 is 15.9 Å². The van der Waals surface area contributed by atoms with Crippen LogP contribution in [-0.2, 0) is 4.74 Å². The smallest absolute Gasteiger partial charge is 0.0989 e. The maximum absolute atomic E-state index is 5.31. The summed E-state index contributed by atoms with van der Waals surface area (Å²) in [5, 5.41) is 1.05. The zero-order valence-corrected chi connectivity index (χ0v) is 6.93. The molecule has 0 aliphatic carbocycles. The van der Waals surface area contributed by atoms with Gasteiger partial charge in [0.1, 0.15) is 0 Å². The van der Waals surface area contributed by atoms with Gasteiger partial charge in [0.15, 0.2) is 0 Å². The molecular formula is C7H11BrO. The van der Waals surface area contributed by atoms with E-state index in [1.807, 2.05) is 6.26 Å². The molecule has 1 aliphatic rings. The molecule has 52 valence electrons. The molecule has 1 rings (SSSR count). The van der Waals surface area contributed by atoms with E-state index >= 15 is 0 Å². The Morgan fingerprint density at radius 1 is 1.67 bits per heavy atom. The molecule has 1 heterocycles. The first kappa shape index (κ1) is 7.13. The van der Waals surface area contributed by atoms with Crippen molar-refractivity contribution in [3.8, 4) is 0 Å². The highest BCUT2D eigenvalue weighted by Gasteiger charge is 2.08. The first-order valence-corrected chi connectivity index (χ1v) is 4.42. The number of halogens is 1. The predicted octanol–water partition coefficient (Wildman–Crippen LogP) is 2.46. The Labute approximate surface area is 64.2 Å². The summed E-state index contributed by atoms with van der Waals surface area (Å²) in [5.41, 5.74) is 0. The maximum Gasteiger partial charge on any atom is 0.0989 e. The standard InChI is InChI=1S/C7H11BrO/c8-5-4-7-3-1-2-6-9-7/h2,6-7H,1,3-5H2. The van der Waals surface area contributed by atoms with Crippen molar-refractivity contribution in [2.45, 2.75) is 25.4 Å². The van der Waals surface area contributed by atoms with Gasteiger partial charge >= 0.3 is 0 Å². The van der Waals surface area contributed by atoms with E-state index in [2.05, 4.69) is 22.0 Å². The highest BCUT2D eigenvalue weighted by molar-refractivity contribution is 9.09. The summed E-state index contributed by atoms with van der Waals surface area (Å²) in [4.78, 5) is 0. The van der Waals surface area contributed by atoms with Crippen LogP contribution in [-0.4, -0.2) is 11.4 Å². The summed E-state index contributed by atoms with van der Waals surface area (Å²) in [6.07, 6.45) is 7.85. The minimum atomic E-state index is 0.467. The second kappa shape index (κ2) is 3.94. The minimum absolute atomic E-state index is 0.467. The van der Waals surface area contributed by atoms with Gasteiger partial charge in [-0.3, -0.25) is 0 Å². The maximum atomic E-state index is 5.31. The van der Waals surface area contributed by atoms with Crippen molar-refractivity contribution in [1.82, 2.24) is 0 Å². The molecule has 0 spiro atoms. The van der Waals surface area contributed by atoms with Gasteiger partial charge in [-0.15, -0.1) is 0 Å². The fourth-order valence-electron chi connectivity index (χ4n) is 0.919. The Balaban J connectivity index is 2.18. The van der Waals surface area contributed by atoms with Gasteiger partial charge in [-0.25, -0.2) is 0 Å². The third kappa shape index (κ3) is 2.39. The lowest BCUT2D eigenvalue weighted by Gasteiger charge is -2.17. The number of hydrogen-bond donors (Lipinski definition) is 0. The quantitative estimate of drug-likeness (QED) is 0.609. The number of hydrogen-bond acceptors (Lipinski definition) is 1. The lowest BCUT2D eigenvalue weighted by Crippen LogP contribution is -2.12. The van der Waals surface area contributed by atoms with Gasteiger partial charge in [-0.2, -0.15) is 0 Å². The van der Waals surface area contributed by atoms with Gasteiger partial charge in [0.05, 0.1) is 12.4 Å². The van der Waals surface area contributed by atoms with Crippen LogP contribution in [0.15, 0.2) is 12.3 Å². The normalized spacial score (nSPS) is 25.7.